The maximum Gasteiger partial charge on any atom is 0.232 e. The van der Waals surface area contributed by atoms with E-state index in [0.717, 1.165) is 24.6 Å². The average Bonchev–Trinajstić information content (AvgIpc) is 3.05. The molecule has 1 aliphatic heterocycles. The molecule has 1 unspecified atom stereocenters. The monoisotopic (exact) mass is 263 g/mol. The van der Waals surface area contributed by atoms with Crippen LogP contribution in [-0.2, 0) is 10.2 Å². The summed E-state index contributed by atoms with van der Waals surface area (Å²) >= 11 is 0. The Kier molecular flexibility index (Phi) is 3.29. The van der Waals surface area contributed by atoms with Crippen LogP contribution in [0.2, 0.25) is 0 Å². The average molecular weight is 263 g/mol. The Hall–Kier alpha value is -1.39. The van der Waals surface area contributed by atoms with E-state index in [0.29, 0.717) is 13.0 Å². The number of amides is 1. The Bertz CT molecular complexity index is 455. The molecule has 0 aromatic carbocycles. The van der Waals surface area contributed by atoms with Gasteiger partial charge in [0, 0.05) is 24.3 Å². The van der Waals surface area contributed by atoms with Crippen LogP contribution in [0.25, 0.3) is 0 Å². The molecule has 3 rings (SSSR count). The lowest BCUT2D eigenvalue weighted by molar-refractivity contribution is -0.122. The van der Waals surface area contributed by atoms with Gasteiger partial charge in [-0.15, -0.1) is 0 Å². The van der Waals surface area contributed by atoms with Crippen molar-refractivity contribution in [3.8, 4) is 0 Å². The van der Waals surface area contributed by atoms with Crippen LogP contribution in [0.4, 0.5) is 0 Å². The van der Waals surface area contributed by atoms with E-state index in [9.17, 15) is 4.79 Å². The fourth-order valence-corrected chi connectivity index (χ4v) is 2.81. The molecule has 1 saturated carbocycles. The van der Waals surface area contributed by atoms with Gasteiger partial charge in [-0.25, -0.2) is 0 Å². The SMILES string of the molecule is CCCCC1(c2nc(C3CCC(=O)NC3)no2)CC1. The standard InChI is InChI=1S/C14H21N3O2/c1-2-3-6-14(7-8-14)13-16-12(17-19-13)10-4-5-11(18)15-9-10/h10H,2-9H2,1H3,(H,15,18). The van der Waals surface area contributed by atoms with Crippen LogP contribution in [-0.4, -0.2) is 22.6 Å². The van der Waals surface area contributed by atoms with Gasteiger partial charge in [0.1, 0.15) is 0 Å². The van der Waals surface area contributed by atoms with Gasteiger partial charge in [0.05, 0.1) is 0 Å². The van der Waals surface area contributed by atoms with Crippen molar-refractivity contribution in [2.75, 3.05) is 6.54 Å². The molecule has 5 nitrogen and oxygen atoms in total. The molecular formula is C14H21N3O2. The summed E-state index contributed by atoms with van der Waals surface area (Å²) in [5.41, 5.74) is 0.180. The topological polar surface area (TPSA) is 68.0 Å². The summed E-state index contributed by atoms with van der Waals surface area (Å²) in [6.45, 7) is 2.85. The number of nitrogens with zero attached hydrogens (tertiary/aromatic N) is 2. The largest absolute Gasteiger partial charge is 0.355 e. The maximum atomic E-state index is 11.2. The zero-order valence-corrected chi connectivity index (χ0v) is 11.4. The predicted molar refractivity (Wildman–Crippen MR) is 69.7 cm³/mol. The zero-order chi connectivity index (χ0) is 13.3. The van der Waals surface area contributed by atoms with Gasteiger partial charge in [0.25, 0.3) is 0 Å². The van der Waals surface area contributed by atoms with Crippen LogP contribution in [0.1, 0.15) is 69.5 Å². The first-order valence-electron chi connectivity index (χ1n) is 7.34. The number of rotatable bonds is 5. The van der Waals surface area contributed by atoms with Crippen LogP contribution >= 0.6 is 0 Å². The molecule has 1 aliphatic carbocycles. The number of hydrogen-bond acceptors (Lipinski definition) is 4. The number of piperidine rings is 1. The third kappa shape index (κ3) is 2.51. The van der Waals surface area contributed by atoms with Crippen molar-refractivity contribution in [2.45, 2.75) is 63.2 Å². The molecule has 1 atom stereocenters. The van der Waals surface area contributed by atoms with Gasteiger partial charge in [0.15, 0.2) is 5.82 Å². The number of carbonyl (C=O) groups is 1. The Balaban J connectivity index is 1.68. The molecule has 1 aromatic heterocycles. The zero-order valence-electron chi connectivity index (χ0n) is 11.4. The minimum Gasteiger partial charge on any atom is -0.355 e. The Morgan fingerprint density at radius 2 is 2.32 bits per heavy atom. The van der Waals surface area contributed by atoms with Gasteiger partial charge in [-0.05, 0) is 25.7 Å². The van der Waals surface area contributed by atoms with E-state index in [1.54, 1.807) is 0 Å². The second kappa shape index (κ2) is 4.94. The van der Waals surface area contributed by atoms with Crippen molar-refractivity contribution in [1.82, 2.24) is 15.5 Å². The van der Waals surface area contributed by atoms with Gasteiger partial charge >= 0.3 is 0 Å². The fraction of sp³-hybridized carbons (Fsp3) is 0.786. The molecule has 1 amide bonds. The van der Waals surface area contributed by atoms with Gasteiger partial charge in [-0.1, -0.05) is 24.9 Å². The molecule has 2 fully saturated rings. The summed E-state index contributed by atoms with van der Waals surface area (Å²) in [5.74, 6) is 1.95. The predicted octanol–water partition coefficient (Wildman–Crippen LogP) is 2.29. The quantitative estimate of drug-likeness (QED) is 0.885. The molecule has 1 saturated heterocycles. The molecule has 1 aromatic rings. The van der Waals surface area contributed by atoms with Crippen LogP contribution in [0.3, 0.4) is 0 Å². The Morgan fingerprint density at radius 3 is 2.95 bits per heavy atom. The summed E-state index contributed by atoms with van der Waals surface area (Å²) in [7, 11) is 0. The summed E-state index contributed by atoms with van der Waals surface area (Å²) in [6.07, 6.45) is 7.33. The van der Waals surface area contributed by atoms with Crippen molar-refractivity contribution in [3.05, 3.63) is 11.7 Å². The number of carbonyl (C=O) groups excluding carboxylic acids is 1. The number of aromatic nitrogens is 2. The van der Waals surface area contributed by atoms with Crippen LogP contribution in [0, 0.1) is 0 Å². The highest BCUT2D eigenvalue weighted by Gasteiger charge is 2.48. The van der Waals surface area contributed by atoms with E-state index in [2.05, 4.69) is 22.4 Å². The fourth-order valence-electron chi connectivity index (χ4n) is 2.81. The first kappa shape index (κ1) is 12.6. The number of unbranched alkanes of at least 4 members (excludes halogenated alkanes) is 1. The van der Waals surface area contributed by atoms with E-state index >= 15 is 0 Å². The van der Waals surface area contributed by atoms with E-state index < -0.39 is 0 Å². The second-order valence-electron chi connectivity index (χ2n) is 5.88. The summed E-state index contributed by atoms with van der Waals surface area (Å²) in [5, 5.41) is 7.01. The molecule has 0 bridgehead atoms. The number of nitrogens with one attached hydrogen (secondary N) is 1. The molecule has 0 radical (unpaired) electrons. The lowest BCUT2D eigenvalue weighted by atomic mass is 9.97. The van der Waals surface area contributed by atoms with Crippen molar-refractivity contribution >= 4 is 5.91 Å². The molecule has 104 valence electrons. The molecule has 5 heteroatoms. The number of hydrogen-bond donors (Lipinski definition) is 1. The van der Waals surface area contributed by atoms with Gasteiger partial charge in [0.2, 0.25) is 11.8 Å². The third-order valence-corrected chi connectivity index (χ3v) is 4.39. The van der Waals surface area contributed by atoms with Crippen molar-refractivity contribution in [2.24, 2.45) is 0 Å². The maximum absolute atomic E-state index is 11.2. The van der Waals surface area contributed by atoms with Crippen LogP contribution in [0.15, 0.2) is 4.52 Å². The molecule has 0 spiro atoms. The van der Waals surface area contributed by atoms with Crippen molar-refractivity contribution in [3.63, 3.8) is 0 Å². The highest BCUT2D eigenvalue weighted by molar-refractivity contribution is 5.76. The summed E-state index contributed by atoms with van der Waals surface area (Å²) in [4.78, 5) is 15.8. The first-order chi connectivity index (χ1) is 9.23. The Morgan fingerprint density at radius 1 is 1.47 bits per heavy atom. The van der Waals surface area contributed by atoms with Gasteiger partial charge in [-0.2, -0.15) is 4.98 Å². The van der Waals surface area contributed by atoms with E-state index in [1.165, 1.54) is 25.7 Å². The molecule has 19 heavy (non-hydrogen) atoms. The first-order valence-corrected chi connectivity index (χ1v) is 7.34. The summed E-state index contributed by atoms with van der Waals surface area (Å²) < 4.78 is 5.50. The highest BCUT2D eigenvalue weighted by Crippen LogP contribution is 2.51. The molecular weight excluding hydrogens is 242 g/mol. The van der Waals surface area contributed by atoms with E-state index in [4.69, 9.17) is 4.52 Å². The van der Waals surface area contributed by atoms with Crippen molar-refractivity contribution < 1.29 is 9.32 Å². The third-order valence-electron chi connectivity index (χ3n) is 4.39. The lowest BCUT2D eigenvalue weighted by Gasteiger charge is -2.19. The van der Waals surface area contributed by atoms with Gasteiger partial charge < -0.3 is 9.84 Å². The molecule has 1 N–H and O–H groups in total. The minimum absolute atomic E-state index is 0.126. The lowest BCUT2D eigenvalue weighted by Crippen LogP contribution is -2.34. The van der Waals surface area contributed by atoms with Gasteiger partial charge in [-0.3, -0.25) is 4.79 Å². The van der Waals surface area contributed by atoms with Crippen molar-refractivity contribution in [1.29, 1.82) is 0 Å². The second-order valence-corrected chi connectivity index (χ2v) is 5.88. The van der Waals surface area contributed by atoms with E-state index in [-0.39, 0.29) is 17.2 Å². The smallest absolute Gasteiger partial charge is 0.232 e. The highest BCUT2D eigenvalue weighted by atomic mass is 16.5. The normalized spacial score (nSPS) is 25.1. The van der Waals surface area contributed by atoms with Crippen LogP contribution in [0.5, 0.6) is 0 Å². The minimum atomic E-state index is 0.126. The van der Waals surface area contributed by atoms with E-state index in [1.807, 2.05) is 0 Å². The molecule has 2 aliphatic rings. The van der Waals surface area contributed by atoms with Crippen LogP contribution < -0.4 is 5.32 Å². The summed E-state index contributed by atoms with van der Waals surface area (Å²) in [6, 6.07) is 0. The molecule has 2 heterocycles. The Labute approximate surface area is 113 Å².